The number of benzene rings is 2. The van der Waals surface area contributed by atoms with Crippen LogP contribution in [-0.2, 0) is 20.4 Å². The third-order valence-corrected chi connectivity index (χ3v) is 4.33. The van der Waals surface area contributed by atoms with E-state index in [2.05, 4.69) is 0 Å². The molecule has 0 unspecified atom stereocenters. The lowest BCUT2D eigenvalue weighted by atomic mass is 10.1. The molecule has 0 atom stereocenters. The molecule has 8 heteroatoms. The SMILES string of the molecule is Cc1cc(S(=O)(=O)F)c2cccc(S(=O)(=O)F)c2c1. The van der Waals surface area contributed by atoms with Crippen molar-refractivity contribution >= 4 is 31.2 Å². The highest BCUT2D eigenvalue weighted by atomic mass is 32.3. The summed E-state index contributed by atoms with van der Waals surface area (Å²) in [5.74, 6) is 0. The fourth-order valence-electron chi connectivity index (χ4n) is 1.88. The lowest BCUT2D eigenvalue weighted by Gasteiger charge is -2.07. The highest BCUT2D eigenvalue weighted by Crippen LogP contribution is 2.31. The Labute approximate surface area is 109 Å². The van der Waals surface area contributed by atoms with Crippen LogP contribution in [0.4, 0.5) is 7.77 Å². The molecule has 102 valence electrons. The average molecular weight is 306 g/mol. The summed E-state index contributed by atoms with van der Waals surface area (Å²) in [5.41, 5.74) is 0.305. The molecule has 0 saturated heterocycles. The van der Waals surface area contributed by atoms with Gasteiger partial charge in [0.25, 0.3) is 0 Å². The van der Waals surface area contributed by atoms with Crippen LogP contribution < -0.4 is 0 Å². The lowest BCUT2D eigenvalue weighted by molar-refractivity contribution is 0.550. The molecule has 0 saturated carbocycles. The maximum absolute atomic E-state index is 13.2. The minimum absolute atomic E-state index is 0.166. The van der Waals surface area contributed by atoms with Crippen molar-refractivity contribution in [2.45, 2.75) is 16.7 Å². The quantitative estimate of drug-likeness (QED) is 0.799. The molecule has 0 aliphatic rings. The van der Waals surface area contributed by atoms with Gasteiger partial charge in [-0.2, -0.15) is 16.8 Å². The van der Waals surface area contributed by atoms with Gasteiger partial charge in [0.15, 0.2) is 0 Å². The van der Waals surface area contributed by atoms with E-state index in [-0.39, 0.29) is 10.8 Å². The molecule has 0 amide bonds. The minimum atomic E-state index is -5.03. The zero-order chi connectivity index (χ0) is 14.4. The molecular formula is C11H8F2O4S2. The maximum atomic E-state index is 13.2. The molecule has 0 fully saturated rings. The number of hydrogen-bond acceptors (Lipinski definition) is 4. The second-order valence-corrected chi connectivity index (χ2v) is 6.62. The molecular weight excluding hydrogens is 298 g/mol. The van der Waals surface area contributed by atoms with Gasteiger partial charge in [-0.05, 0) is 30.7 Å². The van der Waals surface area contributed by atoms with Crippen LogP contribution in [0.1, 0.15) is 5.56 Å². The molecule has 19 heavy (non-hydrogen) atoms. The van der Waals surface area contributed by atoms with E-state index in [1.165, 1.54) is 19.1 Å². The van der Waals surface area contributed by atoms with E-state index < -0.39 is 30.2 Å². The van der Waals surface area contributed by atoms with Crippen molar-refractivity contribution in [2.24, 2.45) is 0 Å². The van der Waals surface area contributed by atoms with Crippen LogP contribution in [0.25, 0.3) is 10.8 Å². The Morgan fingerprint density at radius 1 is 0.842 bits per heavy atom. The van der Waals surface area contributed by atoms with E-state index >= 15 is 0 Å². The van der Waals surface area contributed by atoms with Gasteiger partial charge >= 0.3 is 20.4 Å². The summed E-state index contributed by atoms with van der Waals surface area (Å²) in [6, 6.07) is 5.71. The third-order valence-electron chi connectivity index (χ3n) is 2.59. The van der Waals surface area contributed by atoms with Crippen LogP contribution in [0.15, 0.2) is 40.1 Å². The molecule has 4 nitrogen and oxygen atoms in total. The first-order valence-corrected chi connectivity index (χ1v) is 7.80. The van der Waals surface area contributed by atoms with Crippen LogP contribution in [0.2, 0.25) is 0 Å². The van der Waals surface area contributed by atoms with Crippen LogP contribution in [-0.4, -0.2) is 16.8 Å². The first-order valence-electron chi connectivity index (χ1n) is 5.03. The Hall–Kier alpha value is -1.54. The topological polar surface area (TPSA) is 68.3 Å². The number of fused-ring (bicyclic) bond motifs is 1. The van der Waals surface area contributed by atoms with Crippen molar-refractivity contribution < 1.29 is 24.6 Å². The van der Waals surface area contributed by atoms with Gasteiger partial charge in [0.2, 0.25) is 0 Å². The smallest absolute Gasteiger partial charge is 0.189 e. The van der Waals surface area contributed by atoms with Gasteiger partial charge in [-0.3, -0.25) is 0 Å². The summed E-state index contributed by atoms with van der Waals surface area (Å²) in [7, 11) is -10.1. The monoisotopic (exact) mass is 306 g/mol. The Morgan fingerprint density at radius 3 is 1.95 bits per heavy atom. The average Bonchev–Trinajstić information content (AvgIpc) is 2.24. The third kappa shape index (κ3) is 2.59. The van der Waals surface area contributed by atoms with Gasteiger partial charge in [-0.15, -0.1) is 7.77 Å². The van der Waals surface area contributed by atoms with Crippen molar-refractivity contribution in [3.05, 3.63) is 35.9 Å². The first kappa shape index (κ1) is 13.9. The number of hydrogen-bond donors (Lipinski definition) is 0. The highest BCUT2D eigenvalue weighted by molar-refractivity contribution is 7.87. The predicted octanol–water partition coefficient (Wildman–Crippen LogP) is 2.46. The van der Waals surface area contributed by atoms with Crippen LogP contribution in [0.3, 0.4) is 0 Å². The Kier molecular flexibility index (Phi) is 3.10. The van der Waals surface area contributed by atoms with Crippen molar-refractivity contribution in [3.63, 3.8) is 0 Å². The Bertz CT molecular complexity index is 871. The second kappa shape index (κ2) is 4.24. The van der Waals surface area contributed by atoms with Crippen LogP contribution in [0, 0.1) is 6.92 Å². The zero-order valence-electron chi connectivity index (χ0n) is 9.59. The molecule has 0 N–H and O–H groups in total. The summed E-state index contributed by atoms with van der Waals surface area (Å²) >= 11 is 0. The molecule has 0 aliphatic heterocycles. The van der Waals surface area contributed by atoms with E-state index in [0.29, 0.717) is 5.56 Å². The first-order chi connectivity index (χ1) is 8.60. The van der Waals surface area contributed by atoms with E-state index in [1.807, 2.05) is 0 Å². The fourth-order valence-corrected chi connectivity index (χ4v) is 3.32. The van der Waals surface area contributed by atoms with E-state index in [1.54, 1.807) is 0 Å². The molecule has 2 rings (SSSR count). The van der Waals surface area contributed by atoms with Crippen molar-refractivity contribution in [3.8, 4) is 0 Å². The van der Waals surface area contributed by atoms with Gasteiger partial charge in [-0.1, -0.05) is 12.1 Å². The Balaban J connectivity index is 3.07. The second-order valence-electron chi connectivity index (χ2n) is 3.99. The normalized spacial score (nSPS) is 12.8. The van der Waals surface area contributed by atoms with Crippen LogP contribution >= 0.6 is 0 Å². The molecule has 2 aromatic rings. The molecule has 0 radical (unpaired) electrons. The van der Waals surface area contributed by atoms with Crippen molar-refractivity contribution in [1.29, 1.82) is 0 Å². The number of halogens is 2. The van der Waals surface area contributed by atoms with E-state index in [0.717, 1.165) is 18.2 Å². The zero-order valence-corrected chi connectivity index (χ0v) is 11.2. The van der Waals surface area contributed by atoms with Gasteiger partial charge in [0, 0.05) is 10.8 Å². The molecule has 0 spiro atoms. The molecule has 0 heterocycles. The Morgan fingerprint density at radius 2 is 1.42 bits per heavy atom. The van der Waals surface area contributed by atoms with Gasteiger partial charge in [0.1, 0.15) is 9.79 Å². The van der Waals surface area contributed by atoms with Crippen molar-refractivity contribution in [1.82, 2.24) is 0 Å². The summed E-state index contributed by atoms with van der Waals surface area (Å²) in [6.07, 6.45) is 0. The largest absolute Gasteiger partial charge is 0.332 e. The predicted molar refractivity (Wildman–Crippen MR) is 65.3 cm³/mol. The van der Waals surface area contributed by atoms with E-state index in [4.69, 9.17) is 0 Å². The summed E-state index contributed by atoms with van der Waals surface area (Å²) in [6.45, 7) is 1.45. The van der Waals surface area contributed by atoms with Crippen LogP contribution in [0.5, 0.6) is 0 Å². The lowest BCUT2D eigenvalue weighted by Crippen LogP contribution is -1.98. The molecule has 0 aliphatic carbocycles. The molecule has 2 aromatic carbocycles. The van der Waals surface area contributed by atoms with Crippen molar-refractivity contribution in [2.75, 3.05) is 0 Å². The maximum Gasteiger partial charge on any atom is 0.332 e. The van der Waals surface area contributed by atoms with Gasteiger partial charge in [-0.25, -0.2) is 0 Å². The summed E-state index contributed by atoms with van der Waals surface area (Å²) < 4.78 is 70.4. The number of rotatable bonds is 2. The van der Waals surface area contributed by atoms with E-state index in [9.17, 15) is 24.6 Å². The standard InChI is InChI=1S/C11H8F2O4S2/c1-7-5-9-8(11(6-7)19(13,16)17)3-2-4-10(9)18(12,14)15/h2-6H,1H3. The fraction of sp³-hybridized carbons (Fsp3) is 0.0909. The highest BCUT2D eigenvalue weighted by Gasteiger charge is 2.21. The van der Waals surface area contributed by atoms with Gasteiger partial charge in [0.05, 0.1) is 0 Å². The van der Waals surface area contributed by atoms with Gasteiger partial charge < -0.3 is 0 Å². The number of aryl methyl sites for hydroxylation is 1. The summed E-state index contributed by atoms with van der Waals surface area (Å²) in [5, 5.41) is -0.340. The molecule has 0 aromatic heterocycles. The molecule has 0 bridgehead atoms. The minimum Gasteiger partial charge on any atom is -0.189 e. The summed E-state index contributed by atoms with van der Waals surface area (Å²) in [4.78, 5) is -1.35.